The first kappa shape index (κ1) is 20.4. The van der Waals surface area contributed by atoms with Gasteiger partial charge in [-0.1, -0.05) is 0 Å². The lowest BCUT2D eigenvalue weighted by atomic mass is 10.1. The predicted octanol–water partition coefficient (Wildman–Crippen LogP) is 2.24. The summed E-state index contributed by atoms with van der Waals surface area (Å²) < 4.78 is 7.58. The van der Waals surface area contributed by atoms with Gasteiger partial charge in [-0.3, -0.25) is 9.78 Å². The molecule has 3 fully saturated rings. The fourth-order valence-corrected chi connectivity index (χ4v) is 4.51. The van der Waals surface area contributed by atoms with E-state index in [0.717, 1.165) is 29.9 Å². The van der Waals surface area contributed by atoms with Crippen LogP contribution in [0.3, 0.4) is 0 Å². The van der Waals surface area contributed by atoms with E-state index in [-0.39, 0.29) is 17.7 Å². The summed E-state index contributed by atoms with van der Waals surface area (Å²) in [6.07, 6.45) is 6.70. The summed E-state index contributed by atoms with van der Waals surface area (Å²) in [5.74, 6) is 0.0463. The number of aromatic nitrogens is 5. The number of fused-ring (bicyclic) bond motifs is 2. The third-order valence-corrected chi connectivity index (χ3v) is 6.28. The molecule has 11 heteroatoms. The first-order chi connectivity index (χ1) is 16.5. The minimum absolute atomic E-state index is 0.0276. The highest BCUT2D eigenvalue weighted by molar-refractivity contribution is 5.99. The van der Waals surface area contributed by atoms with E-state index in [4.69, 9.17) is 10.5 Å². The van der Waals surface area contributed by atoms with E-state index >= 15 is 0 Å². The number of hydrogen-bond donors (Lipinski definition) is 3. The molecule has 0 radical (unpaired) electrons. The maximum absolute atomic E-state index is 12.3. The number of hydrogen-bond acceptors (Lipinski definition) is 9. The van der Waals surface area contributed by atoms with E-state index in [1.54, 1.807) is 25.8 Å². The molecule has 3 aromatic heterocycles. The highest BCUT2D eigenvalue weighted by Gasteiger charge is 2.44. The quantitative estimate of drug-likeness (QED) is 0.398. The molecule has 34 heavy (non-hydrogen) atoms. The molecule has 7 rings (SSSR count). The second-order valence-corrected chi connectivity index (χ2v) is 8.42. The highest BCUT2D eigenvalue weighted by Crippen LogP contribution is 2.38. The summed E-state index contributed by atoms with van der Waals surface area (Å²) in [5, 5.41) is 6.25. The molecular formula is C23H23N9O2. The van der Waals surface area contributed by atoms with Gasteiger partial charge in [-0.25, -0.2) is 15.0 Å². The van der Waals surface area contributed by atoms with E-state index in [9.17, 15) is 4.79 Å². The van der Waals surface area contributed by atoms with E-state index in [0.29, 0.717) is 28.7 Å². The van der Waals surface area contributed by atoms with Gasteiger partial charge in [-0.15, -0.1) is 0 Å². The SMILES string of the molecule is CNc1nc(Nc2ccc(N3CC4CC3O4)cc2)c(C(N)=O)nc1-c1cncc2c1ncn2C. The van der Waals surface area contributed by atoms with Crippen LogP contribution < -0.4 is 21.3 Å². The molecule has 3 aliphatic rings. The van der Waals surface area contributed by atoms with Gasteiger partial charge in [-0.05, 0) is 24.3 Å². The fourth-order valence-electron chi connectivity index (χ4n) is 4.51. The number of nitrogens with one attached hydrogen (secondary N) is 2. The average Bonchev–Trinajstić information content (AvgIpc) is 3.54. The van der Waals surface area contributed by atoms with E-state index in [1.165, 1.54) is 0 Å². The van der Waals surface area contributed by atoms with Gasteiger partial charge >= 0.3 is 0 Å². The average molecular weight is 457 g/mol. The van der Waals surface area contributed by atoms with Crippen LogP contribution >= 0.6 is 0 Å². The van der Waals surface area contributed by atoms with Gasteiger partial charge < -0.3 is 30.6 Å². The summed E-state index contributed by atoms with van der Waals surface area (Å²) in [4.78, 5) is 32.6. The van der Waals surface area contributed by atoms with Crippen molar-refractivity contribution in [1.82, 2.24) is 24.5 Å². The zero-order valence-corrected chi connectivity index (χ0v) is 18.7. The molecule has 2 unspecified atom stereocenters. The molecular weight excluding hydrogens is 434 g/mol. The minimum Gasteiger partial charge on any atom is -0.371 e. The lowest BCUT2D eigenvalue weighted by Crippen LogP contribution is -2.32. The number of amides is 1. The number of nitrogens with two attached hydrogens (primary N) is 1. The molecule has 0 spiro atoms. The van der Waals surface area contributed by atoms with E-state index < -0.39 is 5.91 Å². The van der Waals surface area contributed by atoms with Crippen molar-refractivity contribution in [3.8, 4) is 11.3 Å². The summed E-state index contributed by atoms with van der Waals surface area (Å²) in [7, 11) is 3.63. The number of carbonyl (C=O) groups excluding carboxylic acids is 1. The maximum atomic E-state index is 12.3. The van der Waals surface area contributed by atoms with Gasteiger partial charge in [0, 0.05) is 44.6 Å². The van der Waals surface area contributed by atoms with Crippen LogP contribution in [0.4, 0.5) is 23.0 Å². The third-order valence-electron chi connectivity index (χ3n) is 6.28. The number of carbonyl (C=O) groups is 1. The van der Waals surface area contributed by atoms with Crippen molar-refractivity contribution < 1.29 is 9.53 Å². The molecule has 0 saturated carbocycles. The Morgan fingerprint density at radius 1 is 1.18 bits per heavy atom. The molecule has 6 heterocycles. The Morgan fingerprint density at radius 2 is 1.97 bits per heavy atom. The largest absolute Gasteiger partial charge is 0.371 e. The van der Waals surface area contributed by atoms with Crippen molar-refractivity contribution in [2.24, 2.45) is 12.8 Å². The first-order valence-electron chi connectivity index (χ1n) is 11.0. The number of ether oxygens (including phenoxy) is 1. The van der Waals surface area contributed by atoms with E-state index in [1.807, 2.05) is 35.9 Å². The molecule has 1 aromatic carbocycles. The van der Waals surface area contributed by atoms with Crippen LogP contribution in [0, 0.1) is 0 Å². The Labute approximate surface area is 195 Å². The third kappa shape index (κ3) is 3.20. The van der Waals surface area contributed by atoms with Gasteiger partial charge in [0.15, 0.2) is 17.3 Å². The fraction of sp³-hybridized carbons (Fsp3) is 0.261. The molecule has 11 nitrogen and oxygen atoms in total. The smallest absolute Gasteiger partial charge is 0.271 e. The summed E-state index contributed by atoms with van der Waals surface area (Å²) in [5.41, 5.74) is 10.2. The number of aryl methyl sites for hydroxylation is 1. The van der Waals surface area contributed by atoms with Crippen LogP contribution in [0.15, 0.2) is 43.0 Å². The standard InChI is InChI=1S/C23H23N9O2/c1-25-22-19(15-8-26-9-16-18(15)27-11-31(16)2)29-20(21(24)33)23(30-22)28-12-3-5-13(6-4-12)32-10-14-7-17(32)34-14/h3-6,8-9,11,14,17H,7,10H2,1-2H3,(H2,24,33)(H2,25,28,30). The van der Waals surface area contributed by atoms with Gasteiger partial charge in [0.25, 0.3) is 5.91 Å². The van der Waals surface area contributed by atoms with Crippen LogP contribution in [0.5, 0.6) is 0 Å². The summed E-state index contributed by atoms with van der Waals surface area (Å²) >= 11 is 0. The first-order valence-corrected chi connectivity index (χ1v) is 11.0. The van der Waals surface area contributed by atoms with Crippen molar-refractivity contribution in [1.29, 1.82) is 0 Å². The Hall–Kier alpha value is -4.25. The lowest BCUT2D eigenvalue weighted by molar-refractivity contribution is -0.0610. The van der Waals surface area contributed by atoms with Crippen molar-refractivity contribution in [3.63, 3.8) is 0 Å². The Morgan fingerprint density at radius 3 is 2.65 bits per heavy atom. The van der Waals surface area contributed by atoms with Crippen LogP contribution in [-0.2, 0) is 11.8 Å². The Kier molecular flexibility index (Phi) is 4.59. The van der Waals surface area contributed by atoms with Crippen molar-refractivity contribution in [3.05, 3.63) is 48.7 Å². The van der Waals surface area contributed by atoms with Gasteiger partial charge in [0.05, 0.1) is 29.7 Å². The number of nitrogens with zero attached hydrogens (tertiary/aromatic N) is 6. The normalized spacial score (nSPS) is 18.7. The molecule has 2 atom stereocenters. The number of pyridine rings is 1. The van der Waals surface area contributed by atoms with Gasteiger partial charge in [0.2, 0.25) is 0 Å². The van der Waals surface area contributed by atoms with Crippen LogP contribution in [0.25, 0.3) is 22.3 Å². The number of rotatable bonds is 6. The van der Waals surface area contributed by atoms with Crippen molar-refractivity contribution in [2.45, 2.75) is 18.8 Å². The number of benzene rings is 1. The van der Waals surface area contributed by atoms with Crippen molar-refractivity contribution in [2.75, 3.05) is 29.1 Å². The monoisotopic (exact) mass is 457 g/mol. The van der Waals surface area contributed by atoms with Crippen molar-refractivity contribution >= 4 is 40.0 Å². The minimum atomic E-state index is -0.689. The van der Waals surface area contributed by atoms with Crippen LogP contribution in [0.2, 0.25) is 0 Å². The molecule has 3 saturated heterocycles. The molecule has 1 amide bonds. The molecule has 172 valence electrons. The predicted molar refractivity (Wildman–Crippen MR) is 128 cm³/mol. The number of primary amides is 1. The summed E-state index contributed by atoms with van der Waals surface area (Å²) in [6, 6.07) is 7.90. The number of imidazole rings is 1. The second kappa shape index (κ2) is 7.66. The van der Waals surface area contributed by atoms with Gasteiger partial charge in [0.1, 0.15) is 17.4 Å². The maximum Gasteiger partial charge on any atom is 0.271 e. The molecule has 3 aliphatic heterocycles. The number of anilines is 4. The van der Waals surface area contributed by atoms with Crippen LogP contribution in [0.1, 0.15) is 16.9 Å². The zero-order valence-electron chi connectivity index (χ0n) is 18.7. The zero-order chi connectivity index (χ0) is 23.4. The molecule has 4 N–H and O–H groups in total. The Bertz CT molecular complexity index is 1410. The van der Waals surface area contributed by atoms with Gasteiger partial charge in [-0.2, -0.15) is 0 Å². The Balaban J connectivity index is 1.37. The lowest BCUT2D eigenvalue weighted by Gasteiger charge is -2.27. The topological polar surface area (TPSA) is 136 Å². The van der Waals surface area contributed by atoms with E-state index in [2.05, 4.69) is 35.5 Å². The molecule has 0 aliphatic carbocycles. The van der Waals surface area contributed by atoms with Crippen LogP contribution in [-0.4, -0.2) is 56.3 Å². The second-order valence-electron chi connectivity index (χ2n) is 8.42. The highest BCUT2D eigenvalue weighted by atomic mass is 16.6. The molecule has 4 aromatic rings. The summed E-state index contributed by atoms with van der Waals surface area (Å²) in [6.45, 7) is 0.916. The molecule has 2 bridgehead atoms.